The molecule has 4 N–H and O–H groups in total. The second kappa shape index (κ2) is 12.8. The van der Waals surface area contributed by atoms with E-state index < -0.39 is 22.7 Å². The molecule has 41 heavy (non-hydrogen) atoms. The molecule has 0 saturated heterocycles. The maximum atomic E-state index is 13.9. The van der Waals surface area contributed by atoms with Gasteiger partial charge in [0.05, 0.1) is 33.9 Å². The Bertz CT molecular complexity index is 1430. The van der Waals surface area contributed by atoms with E-state index in [-0.39, 0.29) is 16.9 Å². The summed E-state index contributed by atoms with van der Waals surface area (Å²) in [5, 5.41) is 10.9. The van der Waals surface area contributed by atoms with Gasteiger partial charge < -0.3 is 20.4 Å². The van der Waals surface area contributed by atoms with Crippen molar-refractivity contribution in [2.45, 2.75) is 20.0 Å². The van der Waals surface area contributed by atoms with Crippen molar-refractivity contribution < 1.29 is 18.0 Å². The lowest BCUT2D eigenvalue weighted by Crippen LogP contribution is -2.29. The Morgan fingerprint density at radius 2 is 1.80 bits per heavy atom. The van der Waals surface area contributed by atoms with Crippen LogP contribution in [0.1, 0.15) is 32.7 Å². The number of alkyl halides is 3. The third-order valence-electron chi connectivity index (χ3n) is 6.72. The normalized spacial score (nSPS) is 12.1. The van der Waals surface area contributed by atoms with E-state index in [0.29, 0.717) is 24.5 Å². The minimum absolute atomic E-state index is 0.0328. The van der Waals surface area contributed by atoms with Gasteiger partial charge >= 0.3 is 6.18 Å². The highest BCUT2D eigenvalue weighted by atomic mass is 35.5. The molecule has 0 aliphatic rings. The number of aryl methyl sites for hydroxylation is 2. The lowest BCUT2D eigenvalue weighted by atomic mass is 10.1. The average molecular weight is 593 g/mol. The highest BCUT2D eigenvalue weighted by Crippen LogP contribution is 2.41. The molecule has 1 aromatic heterocycles. The SMILES string of the molecule is CN/C(=C\N(N)c1cc(C(=O)Nc2cc(N(C)CCN(C)C)c(Cl)c(C(F)(F)F)c2)ccc1C)c1cnn(C)c1C. The third-order valence-corrected chi connectivity index (χ3v) is 7.12. The summed E-state index contributed by atoms with van der Waals surface area (Å²) in [7, 11) is 8.97. The Labute approximate surface area is 243 Å². The van der Waals surface area contributed by atoms with Crippen LogP contribution in [-0.2, 0) is 13.2 Å². The Morgan fingerprint density at radius 1 is 1.12 bits per heavy atom. The first kappa shape index (κ1) is 31.8. The van der Waals surface area contributed by atoms with Gasteiger partial charge in [-0.05, 0) is 57.8 Å². The van der Waals surface area contributed by atoms with Crippen LogP contribution in [0.4, 0.5) is 30.2 Å². The second-order valence-corrected chi connectivity index (χ2v) is 10.4. The molecule has 1 heterocycles. The van der Waals surface area contributed by atoms with Crippen molar-refractivity contribution in [1.29, 1.82) is 0 Å². The summed E-state index contributed by atoms with van der Waals surface area (Å²) >= 11 is 6.19. The molecule has 0 aliphatic heterocycles. The molecule has 0 saturated carbocycles. The van der Waals surface area contributed by atoms with Crippen LogP contribution >= 0.6 is 11.6 Å². The topological polar surface area (TPSA) is 94.7 Å². The summed E-state index contributed by atoms with van der Waals surface area (Å²) in [6.07, 6.45) is -1.32. The highest BCUT2D eigenvalue weighted by Gasteiger charge is 2.35. The molecule has 222 valence electrons. The summed E-state index contributed by atoms with van der Waals surface area (Å²) < 4.78 is 43.3. The van der Waals surface area contributed by atoms with E-state index >= 15 is 0 Å². The van der Waals surface area contributed by atoms with Crippen LogP contribution < -0.4 is 26.4 Å². The minimum atomic E-state index is -4.71. The van der Waals surface area contributed by atoms with E-state index in [1.54, 1.807) is 54.3 Å². The Hall–Kier alpha value is -3.74. The molecule has 1 amide bonds. The third kappa shape index (κ3) is 7.51. The zero-order valence-electron chi connectivity index (χ0n) is 24.2. The summed E-state index contributed by atoms with van der Waals surface area (Å²) in [5.41, 5.74) is 3.11. The standard InChI is InChI=1S/C28H36ClF3N8O/c1-17-8-9-19(12-24(17)40(33)16-23(34-3)21-15-35-39(7)18(21)2)27(41)36-20-13-22(28(30,31)32)26(29)25(14-20)38(6)11-10-37(4)5/h8-9,12-16,34H,10-11,33H2,1-7H3,(H,36,41)/b23-16-. The number of anilines is 3. The molecular weight excluding hydrogens is 557 g/mol. The van der Waals surface area contributed by atoms with Crippen molar-refractivity contribution in [2.75, 3.05) is 56.5 Å². The molecular formula is C28H36ClF3N8O. The number of hydrazine groups is 1. The van der Waals surface area contributed by atoms with Crippen LogP contribution in [0.5, 0.6) is 0 Å². The van der Waals surface area contributed by atoms with Crippen molar-refractivity contribution in [3.05, 3.63) is 75.7 Å². The molecule has 0 aliphatic carbocycles. The average Bonchev–Trinajstić information content (AvgIpc) is 3.23. The number of halogens is 4. The molecule has 0 radical (unpaired) electrons. The van der Waals surface area contributed by atoms with Gasteiger partial charge in [0, 0.05) is 62.9 Å². The zero-order chi connectivity index (χ0) is 30.6. The Balaban J connectivity index is 1.94. The van der Waals surface area contributed by atoms with Gasteiger partial charge in [0.1, 0.15) is 0 Å². The van der Waals surface area contributed by atoms with Crippen molar-refractivity contribution in [3.63, 3.8) is 0 Å². The molecule has 13 heteroatoms. The van der Waals surface area contributed by atoms with Crippen molar-refractivity contribution >= 4 is 40.3 Å². The van der Waals surface area contributed by atoms with E-state index in [9.17, 15) is 18.0 Å². The number of nitrogens with zero attached hydrogens (tertiary/aromatic N) is 5. The minimum Gasteiger partial charge on any atom is -0.386 e. The van der Waals surface area contributed by atoms with E-state index in [1.165, 1.54) is 11.1 Å². The molecule has 3 aromatic rings. The fourth-order valence-electron chi connectivity index (χ4n) is 4.11. The molecule has 0 atom stereocenters. The first-order chi connectivity index (χ1) is 19.1. The van der Waals surface area contributed by atoms with E-state index in [1.807, 2.05) is 39.9 Å². The Morgan fingerprint density at radius 3 is 2.37 bits per heavy atom. The van der Waals surface area contributed by atoms with Gasteiger partial charge in [-0.3, -0.25) is 14.5 Å². The number of benzene rings is 2. The van der Waals surface area contributed by atoms with E-state index in [2.05, 4.69) is 15.7 Å². The molecule has 2 aromatic carbocycles. The van der Waals surface area contributed by atoms with E-state index in [0.717, 1.165) is 22.9 Å². The predicted molar refractivity (Wildman–Crippen MR) is 159 cm³/mol. The van der Waals surface area contributed by atoms with Crippen molar-refractivity contribution in [2.24, 2.45) is 12.9 Å². The summed E-state index contributed by atoms with van der Waals surface area (Å²) in [6.45, 7) is 4.78. The number of carbonyl (C=O) groups is 1. The number of nitrogens with two attached hydrogens (primary N) is 1. The Kier molecular flexibility index (Phi) is 9.95. The maximum Gasteiger partial charge on any atom is 0.417 e. The lowest BCUT2D eigenvalue weighted by Gasteiger charge is -2.25. The number of nitrogens with one attached hydrogen (secondary N) is 2. The number of amides is 1. The number of hydrogen-bond donors (Lipinski definition) is 3. The van der Waals surface area contributed by atoms with Crippen LogP contribution in [0.15, 0.2) is 42.7 Å². The van der Waals surface area contributed by atoms with Gasteiger partial charge in [-0.15, -0.1) is 0 Å². The molecule has 3 rings (SSSR count). The van der Waals surface area contributed by atoms with Crippen LogP contribution in [0, 0.1) is 13.8 Å². The lowest BCUT2D eigenvalue weighted by molar-refractivity contribution is -0.137. The fraction of sp³-hybridized carbons (Fsp3) is 0.357. The first-order valence-electron chi connectivity index (χ1n) is 12.7. The predicted octanol–water partition coefficient (Wildman–Crippen LogP) is 4.86. The number of rotatable bonds is 10. The summed E-state index contributed by atoms with van der Waals surface area (Å²) in [4.78, 5) is 16.8. The second-order valence-electron chi connectivity index (χ2n) is 10.0. The first-order valence-corrected chi connectivity index (χ1v) is 13.1. The number of aromatic nitrogens is 2. The van der Waals surface area contributed by atoms with Crippen LogP contribution in [-0.4, -0.2) is 61.9 Å². The molecule has 0 spiro atoms. The van der Waals surface area contributed by atoms with Gasteiger partial charge in [0.15, 0.2) is 0 Å². The largest absolute Gasteiger partial charge is 0.417 e. The maximum absolute atomic E-state index is 13.9. The monoisotopic (exact) mass is 592 g/mol. The quantitative estimate of drug-likeness (QED) is 0.229. The van der Waals surface area contributed by atoms with Crippen molar-refractivity contribution in [3.8, 4) is 0 Å². The number of carbonyl (C=O) groups excluding carboxylic acids is 1. The summed E-state index contributed by atoms with van der Waals surface area (Å²) in [6, 6.07) is 7.16. The van der Waals surface area contributed by atoms with Gasteiger partial charge in [-0.2, -0.15) is 18.3 Å². The van der Waals surface area contributed by atoms with Crippen molar-refractivity contribution in [1.82, 2.24) is 20.0 Å². The van der Waals surface area contributed by atoms with Crippen LogP contribution in [0.3, 0.4) is 0 Å². The fourth-order valence-corrected chi connectivity index (χ4v) is 4.47. The number of hydrogen-bond acceptors (Lipinski definition) is 7. The van der Waals surface area contributed by atoms with Crippen LogP contribution in [0.25, 0.3) is 5.70 Å². The van der Waals surface area contributed by atoms with Gasteiger partial charge in [-0.25, -0.2) is 5.84 Å². The van der Waals surface area contributed by atoms with Gasteiger partial charge in [0.25, 0.3) is 5.91 Å². The van der Waals surface area contributed by atoms with Crippen LogP contribution in [0.2, 0.25) is 5.02 Å². The zero-order valence-corrected chi connectivity index (χ0v) is 24.9. The van der Waals surface area contributed by atoms with Gasteiger partial charge in [-0.1, -0.05) is 17.7 Å². The number of likely N-dealkylation sites (N-methyl/N-ethyl adjacent to an activating group) is 2. The smallest absolute Gasteiger partial charge is 0.386 e. The molecule has 0 bridgehead atoms. The van der Waals surface area contributed by atoms with E-state index in [4.69, 9.17) is 17.4 Å². The molecule has 0 unspecified atom stereocenters. The molecule has 9 nitrogen and oxygen atoms in total. The highest BCUT2D eigenvalue weighted by molar-refractivity contribution is 6.34. The summed E-state index contributed by atoms with van der Waals surface area (Å²) in [5.74, 6) is 5.79. The molecule has 0 fully saturated rings. The van der Waals surface area contributed by atoms with Gasteiger partial charge in [0.2, 0.25) is 0 Å².